The maximum atomic E-state index is 13.3. The molecular formula is C18H17FN4O2S2. The van der Waals surface area contributed by atoms with Crippen LogP contribution in [0.1, 0.15) is 18.2 Å². The van der Waals surface area contributed by atoms with Crippen molar-refractivity contribution in [1.82, 2.24) is 20.2 Å². The van der Waals surface area contributed by atoms with Crippen molar-refractivity contribution in [3.05, 3.63) is 58.8 Å². The minimum Gasteiger partial charge on any atom is -0.354 e. The molecule has 1 saturated heterocycles. The Hall–Kier alpha value is -2.52. The third-order valence-electron chi connectivity index (χ3n) is 3.99. The summed E-state index contributed by atoms with van der Waals surface area (Å²) in [6.07, 6.45) is 5.45. The van der Waals surface area contributed by atoms with Crippen molar-refractivity contribution in [3.8, 4) is 0 Å². The van der Waals surface area contributed by atoms with E-state index in [0.717, 1.165) is 17.5 Å². The average Bonchev–Trinajstić information content (AvgIpc) is 3.23. The predicted molar refractivity (Wildman–Crippen MR) is 106 cm³/mol. The van der Waals surface area contributed by atoms with Crippen LogP contribution < -0.4 is 5.32 Å². The van der Waals surface area contributed by atoms with Crippen LogP contribution in [0.15, 0.2) is 41.7 Å². The molecular weight excluding hydrogens is 387 g/mol. The van der Waals surface area contributed by atoms with Gasteiger partial charge in [0.15, 0.2) is 0 Å². The normalized spacial score (nSPS) is 16.8. The largest absolute Gasteiger partial charge is 0.354 e. The fraction of sp³-hybridized carbons (Fsp3) is 0.222. The van der Waals surface area contributed by atoms with Crippen LogP contribution in [-0.2, 0) is 16.0 Å². The SMILES string of the molecule is C[C@H](C(=O)NCCc1cnc[nH]1)N1C(=O)/C(=C\c2cccc(F)c2)SC1=S. The van der Waals surface area contributed by atoms with Crippen LogP contribution in [-0.4, -0.2) is 43.6 Å². The van der Waals surface area contributed by atoms with E-state index in [0.29, 0.717) is 27.8 Å². The Morgan fingerprint density at radius 2 is 2.33 bits per heavy atom. The predicted octanol–water partition coefficient (Wildman–Crippen LogP) is 2.50. The van der Waals surface area contributed by atoms with Crippen molar-refractivity contribution in [2.24, 2.45) is 0 Å². The monoisotopic (exact) mass is 404 g/mol. The fourth-order valence-corrected chi connectivity index (χ4v) is 3.99. The summed E-state index contributed by atoms with van der Waals surface area (Å²) >= 11 is 6.37. The lowest BCUT2D eigenvalue weighted by Crippen LogP contribution is -2.47. The van der Waals surface area contributed by atoms with E-state index in [4.69, 9.17) is 12.2 Å². The molecule has 27 heavy (non-hydrogen) atoms. The number of thioether (sulfide) groups is 1. The van der Waals surface area contributed by atoms with Gasteiger partial charge in [0.1, 0.15) is 16.2 Å². The van der Waals surface area contributed by atoms with E-state index in [1.807, 2.05) is 0 Å². The highest BCUT2D eigenvalue weighted by Crippen LogP contribution is 2.34. The molecule has 2 N–H and O–H groups in total. The minimum absolute atomic E-state index is 0.294. The van der Waals surface area contributed by atoms with Crippen molar-refractivity contribution in [2.45, 2.75) is 19.4 Å². The minimum atomic E-state index is -0.738. The van der Waals surface area contributed by atoms with Crippen molar-refractivity contribution in [2.75, 3.05) is 6.54 Å². The quantitative estimate of drug-likeness (QED) is 0.571. The zero-order valence-corrected chi connectivity index (χ0v) is 16.1. The zero-order chi connectivity index (χ0) is 19.4. The maximum absolute atomic E-state index is 13.3. The molecule has 9 heteroatoms. The summed E-state index contributed by atoms with van der Waals surface area (Å²) in [6, 6.07) is 5.19. The van der Waals surface area contributed by atoms with E-state index in [9.17, 15) is 14.0 Å². The highest BCUT2D eigenvalue weighted by Gasteiger charge is 2.38. The van der Waals surface area contributed by atoms with Crippen LogP contribution >= 0.6 is 24.0 Å². The Labute approximate surface area is 165 Å². The third-order valence-corrected chi connectivity index (χ3v) is 5.32. The van der Waals surface area contributed by atoms with Gasteiger partial charge in [-0.3, -0.25) is 14.5 Å². The first-order valence-electron chi connectivity index (χ1n) is 8.23. The number of thiocarbonyl (C=S) groups is 1. The summed E-state index contributed by atoms with van der Waals surface area (Å²) in [7, 11) is 0. The molecule has 0 unspecified atom stereocenters. The number of hydrogen-bond donors (Lipinski definition) is 2. The number of H-pyrrole nitrogens is 1. The van der Waals surface area contributed by atoms with Gasteiger partial charge in [-0.05, 0) is 30.7 Å². The van der Waals surface area contributed by atoms with Crippen molar-refractivity contribution < 1.29 is 14.0 Å². The van der Waals surface area contributed by atoms with Crippen molar-refractivity contribution in [1.29, 1.82) is 0 Å². The molecule has 6 nitrogen and oxygen atoms in total. The average molecular weight is 404 g/mol. The van der Waals surface area contributed by atoms with Crippen molar-refractivity contribution >= 4 is 46.2 Å². The summed E-state index contributed by atoms with van der Waals surface area (Å²) in [5.74, 6) is -1.03. The molecule has 1 aromatic heterocycles. The number of carbonyl (C=O) groups is 2. The van der Waals surface area contributed by atoms with Crippen LogP contribution in [0, 0.1) is 5.82 Å². The second-order valence-corrected chi connectivity index (χ2v) is 7.58. The Morgan fingerprint density at radius 1 is 1.52 bits per heavy atom. The first kappa shape index (κ1) is 19.2. The molecule has 0 radical (unpaired) electrons. The Bertz CT molecular complexity index is 899. The number of benzene rings is 1. The molecule has 140 valence electrons. The van der Waals surface area contributed by atoms with E-state index < -0.39 is 6.04 Å². The topological polar surface area (TPSA) is 78.1 Å². The number of aromatic amines is 1. The highest BCUT2D eigenvalue weighted by molar-refractivity contribution is 8.26. The highest BCUT2D eigenvalue weighted by atomic mass is 32.2. The molecule has 0 bridgehead atoms. The first-order chi connectivity index (χ1) is 13.0. The van der Waals surface area contributed by atoms with E-state index in [2.05, 4.69) is 15.3 Å². The molecule has 2 amide bonds. The lowest BCUT2D eigenvalue weighted by atomic mass is 10.2. The standard InChI is InChI=1S/C18H17FN4O2S2/c1-11(16(24)21-6-5-14-9-20-10-22-14)23-17(25)15(27-18(23)26)8-12-3-2-4-13(19)7-12/h2-4,7-11H,5-6H2,1H3,(H,20,22)(H,21,24)/b15-8+/t11-/m1/s1. The number of nitrogens with one attached hydrogen (secondary N) is 2. The molecule has 1 fully saturated rings. The number of amides is 2. The first-order valence-corrected chi connectivity index (χ1v) is 9.46. The summed E-state index contributed by atoms with van der Waals surface area (Å²) in [5.41, 5.74) is 1.47. The maximum Gasteiger partial charge on any atom is 0.266 e. The lowest BCUT2D eigenvalue weighted by Gasteiger charge is -2.22. The molecule has 1 atom stereocenters. The van der Waals surface area contributed by atoms with Gasteiger partial charge in [0.2, 0.25) is 5.91 Å². The van der Waals surface area contributed by atoms with Gasteiger partial charge in [0, 0.05) is 24.9 Å². The molecule has 1 aliphatic heterocycles. The van der Waals surface area contributed by atoms with Crippen LogP contribution in [0.4, 0.5) is 4.39 Å². The molecule has 1 aromatic carbocycles. The van der Waals surface area contributed by atoms with Crippen LogP contribution in [0.2, 0.25) is 0 Å². The number of hydrogen-bond acceptors (Lipinski definition) is 5. The molecule has 0 aliphatic carbocycles. The number of rotatable bonds is 6. The summed E-state index contributed by atoms with van der Waals surface area (Å²) < 4.78 is 13.6. The molecule has 1 aliphatic rings. The molecule has 0 spiro atoms. The number of nitrogens with zero attached hydrogens (tertiary/aromatic N) is 2. The lowest BCUT2D eigenvalue weighted by molar-refractivity contribution is -0.132. The number of imidazole rings is 1. The van der Waals surface area contributed by atoms with Crippen LogP contribution in [0.25, 0.3) is 6.08 Å². The number of aromatic nitrogens is 2. The van der Waals surface area contributed by atoms with Gasteiger partial charge in [-0.2, -0.15) is 0 Å². The second kappa shape index (κ2) is 8.45. The van der Waals surface area contributed by atoms with Gasteiger partial charge in [0.25, 0.3) is 5.91 Å². The van der Waals surface area contributed by atoms with E-state index in [1.54, 1.807) is 37.7 Å². The Balaban J connectivity index is 1.64. The van der Waals surface area contributed by atoms with Gasteiger partial charge >= 0.3 is 0 Å². The van der Waals surface area contributed by atoms with Gasteiger partial charge in [-0.15, -0.1) is 0 Å². The van der Waals surface area contributed by atoms with E-state index in [-0.39, 0.29) is 17.6 Å². The Morgan fingerprint density at radius 3 is 3.04 bits per heavy atom. The van der Waals surface area contributed by atoms with Crippen LogP contribution in [0.3, 0.4) is 0 Å². The second-order valence-electron chi connectivity index (χ2n) is 5.90. The summed E-state index contributed by atoms with van der Waals surface area (Å²) in [4.78, 5) is 33.6. The number of carbonyl (C=O) groups excluding carboxylic acids is 2. The summed E-state index contributed by atoms with van der Waals surface area (Å²) in [5, 5.41) is 2.79. The van der Waals surface area contributed by atoms with Crippen molar-refractivity contribution in [3.63, 3.8) is 0 Å². The van der Waals surface area contributed by atoms with Crippen LogP contribution in [0.5, 0.6) is 0 Å². The van der Waals surface area contributed by atoms with Gasteiger partial charge < -0.3 is 10.3 Å². The van der Waals surface area contributed by atoms with Gasteiger partial charge in [0.05, 0.1) is 11.2 Å². The molecule has 0 saturated carbocycles. The van der Waals surface area contributed by atoms with E-state index in [1.165, 1.54) is 17.0 Å². The Kier molecular flexibility index (Phi) is 6.02. The summed E-state index contributed by atoms with van der Waals surface area (Å²) in [6.45, 7) is 2.04. The fourth-order valence-electron chi connectivity index (χ4n) is 2.57. The van der Waals surface area contributed by atoms with E-state index >= 15 is 0 Å². The van der Waals surface area contributed by atoms with Gasteiger partial charge in [-0.1, -0.05) is 36.1 Å². The molecule has 2 aromatic rings. The smallest absolute Gasteiger partial charge is 0.266 e. The molecule has 2 heterocycles. The number of halogens is 1. The molecule has 3 rings (SSSR count). The van der Waals surface area contributed by atoms with Gasteiger partial charge in [-0.25, -0.2) is 9.37 Å². The zero-order valence-electron chi connectivity index (χ0n) is 14.4. The third kappa shape index (κ3) is 4.61.